The van der Waals surface area contributed by atoms with Crippen LogP contribution in [0.3, 0.4) is 0 Å². The fourth-order valence-corrected chi connectivity index (χ4v) is 2.23. The van der Waals surface area contributed by atoms with E-state index in [1.54, 1.807) is 0 Å². The van der Waals surface area contributed by atoms with Gasteiger partial charge in [0, 0.05) is 22.9 Å². The topological polar surface area (TPSA) is 53.1 Å². The number of para-hydroxylation sites is 1. The van der Waals surface area contributed by atoms with Gasteiger partial charge < -0.3 is 10.1 Å². The molecule has 15 heavy (non-hydrogen) atoms. The van der Waals surface area contributed by atoms with Gasteiger partial charge in [-0.05, 0) is 11.6 Å². The first-order valence-electron chi connectivity index (χ1n) is 4.62. The van der Waals surface area contributed by atoms with Crippen LogP contribution in [0.2, 0.25) is 0 Å². The molecule has 78 valence electrons. The molecule has 1 heterocycles. The first kappa shape index (κ1) is 10.1. The van der Waals surface area contributed by atoms with Gasteiger partial charge in [-0.25, -0.2) is 0 Å². The van der Waals surface area contributed by atoms with Gasteiger partial charge in [0.2, 0.25) is 0 Å². The Morgan fingerprint density at radius 2 is 2.20 bits per heavy atom. The summed E-state index contributed by atoms with van der Waals surface area (Å²) >= 11 is 1.41. The molecule has 4 heteroatoms. The minimum atomic E-state index is -0.764. The van der Waals surface area contributed by atoms with E-state index < -0.39 is 5.97 Å². The molecule has 0 radical (unpaired) electrons. The molecule has 3 nitrogen and oxygen atoms in total. The summed E-state index contributed by atoms with van der Waals surface area (Å²) in [6.07, 6.45) is 1.94. The quantitative estimate of drug-likeness (QED) is 0.834. The Morgan fingerprint density at radius 3 is 3.00 bits per heavy atom. The summed E-state index contributed by atoms with van der Waals surface area (Å²) in [5.41, 5.74) is 2.26. The van der Waals surface area contributed by atoms with E-state index in [0.717, 1.165) is 16.8 Å². The van der Waals surface area contributed by atoms with Crippen molar-refractivity contribution in [2.24, 2.45) is 0 Å². The lowest BCUT2D eigenvalue weighted by atomic mass is 10.2. The van der Waals surface area contributed by atoms with E-state index in [-0.39, 0.29) is 5.75 Å². The molecule has 0 unspecified atom stereocenters. The minimum Gasteiger partial charge on any atom is -0.481 e. The number of fused-ring (bicyclic) bond motifs is 1. The van der Waals surface area contributed by atoms with Crippen LogP contribution in [0.1, 0.15) is 5.56 Å². The molecular formula is C11H11NO2S. The van der Waals surface area contributed by atoms with Crippen LogP contribution in [0.15, 0.2) is 30.5 Å². The van der Waals surface area contributed by atoms with Gasteiger partial charge in [0.05, 0.1) is 5.75 Å². The molecular weight excluding hydrogens is 210 g/mol. The molecule has 0 atom stereocenters. The molecule has 0 amide bonds. The van der Waals surface area contributed by atoms with Gasteiger partial charge in [0.15, 0.2) is 0 Å². The second kappa shape index (κ2) is 4.40. The largest absolute Gasteiger partial charge is 0.481 e. The number of aromatic nitrogens is 1. The summed E-state index contributed by atoms with van der Waals surface area (Å²) in [6.45, 7) is 0. The van der Waals surface area contributed by atoms with Crippen molar-refractivity contribution in [2.45, 2.75) is 5.75 Å². The third-order valence-electron chi connectivity index (χ3n) is 2.16. The monoisotopic (exact) mass is 221 g/mol. The van der Waals surface area contributed by atoms with Crippen molar-refractivity contribution >= 4 is 28.6 Å². The fraction of sp³-hybridized carbons (Fsp3) is 0.182. The predicted octanol–water partition coefficient (Wildman–Crippen LogP) is 2.49. The normalized spacial score (nSPS) is 10.7. The zero-order chi connectivity index (χ0) is 10.7. The third-order valence-corrected chi connectivity index (χ3v) is 3.12. The van der Waals surface area contributed by atoms with E-state index in [1.807, 2.05) is 30.5 Å². The highest BCUT2D eigenvalue weighted by Crippen LogP contribution is 2.21. The van der Waals surface area contributed by atoms with E-state index in [0.29, 0.717) is 0 Å². The van der Waals surface area contributed by atoms with Crippen LogP contribution in [-0.2, 0) is 10.5 Å². The van der Waals surface area contributed by atoms with Crippen LogP contribution >= 0.6 is 11.8 Å². The number of aliphatic carboxylic acids is 1. The maximum absolute atomic E-state index is 10.4. The van der Waals surface area contributed by atoms with E-state index in [4.69, 9.17) is 5.11 Å². The van der Waals surface area contributed by atoms with Crippen molar-refractivity contribution in [3.05, 3.63) is 36.0 Å². The number of carbonyl (C=O) groups is 1. The lowest BCUT2D eigenvalue weighted by molar-refractivity contribution is -0.133. The van der Waals surface area contributed by atoms with Crippen molar-refractivity contribution in [3.63, 3.8) is 0 Å². The average Bonchev–Trinajstić information content (AvgIpc) is 2.62. The van der Waals surface area contributed by atoms with Gasteiger partial charge in [-0.15, -0.1) is 11.8 Å². The van der Waals surface area contributed by atoms with Gasteiger partial charge in [-0.1, -0.05) is 18.2 Å². The minimum absolute atomic E-state index is 0.152. The summed E-state index contributed by atoms with van der Waals surface area (Å²) in [5, 5.41) is 9.70. The van der Waals surface area contributed by atoms with Crippen molar-refractivity contribution in [1.29, 1.82) is 0 Å². The molecule has 0 saturated heterocycles. The fourth-order valence-electron chi connectivity index (χ4n) is 1.50. The molecule has 1 aromatic carbocycles. The molecule has 0 aliphatic heterocycles. The lowest BCUT2D eigenvalue weighted by Gasteiger charge is -1.97. The van der Waals surface area contributed by atoms with Crippen LogP contribution in [0.5, 0.6) is 0 Å². The lowest BCUT2D eigenvalue weighted by Crippen LogP contribution is -1.97. The highest BCUT2D eigenvalue weighted by Gasteiger charge is 2.03. The maximum atomic E-state index is 10.4. The molecule has 0 aliphatic rings. The number of rotatable bonds is 4. The molecule has 2 aromatic rings. The number of H-pyrrole nitrogens is 1. The predicted molar refractivity (Wildman–Crippen MR) is 62.1 cm³/mol. The third kappa shape index (κ3) is 2.33. The Kier molecular flexibility index (Phi) is 2.97. The van der Waals surface area contributed by atoms with Crippen LogP contribution < -0.4 is 0 Å². The van der Waals surface area contributed by atoms with Crippen LogP contribution in [0.4, 0.5) is 0 Å². The number of nitrogens with one attached hydrogen (secondary N) is 1. The number of thioether (sulfide) groups is 1. The van der Waals surface area contributed by atoms with Gasteiger partial charge in [-0.3, -0.25) is 4.79 Å². The Morgan fingerprint density at radius 1 is 1.40 bits per heavy atom. The number of aromatic amines is 1. The average molecular weight is 221 g/mol. The molecule has 0 bridgehead atoms. The first-order valence-corrected chi connectivity index (χ1v) is 5.77. The molecule has 2 rings (SSSR count). The zero-order valence-corrected chi connectivity index (χ0v) is 8.88. The van der Waals surface area contributed by atoms with E-state index in [2.05, 4.69) is 4.98 Å². The van der Waals surface area contributed by atoms with Crippen molar-refractivity contribution < 1.29 is 9.90 Å². The van der Waals surface area contributed by atoms with Crippen molar-refractivity contribution in [3.8, 4) is 0 Å². The zero-order valence-electron chi connectivity index (χ0n) is 8.06. The second-order valence-electron chi connectivity index (χ2n) is 3.25. The van der Waals surface area contributed by atoms with Crippen molar-refractivity contribution in [2.75, 3.05) is 5.75 Å². The Hall–Kier alpha value is -1.42. The number of benzene rings is 1. The van der Waals surface area contributed by atoms with Crippen LogP contribution in [0, 0.1) is 0 Å². The van der Waals surface area contributed by atoms with Crippen molar-refractivity contribution in [1.82, 2.24) is 4.98 Å². The van der Waals surface area contributed by atoms with E-state index >= 15 is 0 Å². The Labute approximate surface area is 91.5 Å². The highest BCUT2D eigenvalue weighted by atomic mass is 32.2. The highest BCUT2D eigenvalue weighted by molar-refractivity contribution is 7.99. The summed E-state index contributed by atoms with van der Waals surface area (Å²) in [6, 6.07) is 8.03. The van der Waals surface area contributed by atoms with Gasteiger partial charge >= 0.3 is 5.97 Å². The molecule has 0 fully saturated rings. The Balaban J connectivity index is 2.11. The van der Waals surface area contributed by atoms with E-state index in [1.165, 1.54) is 17.1 Å². The number of hydrogen-bond acceptors (Lipinski definition) is 2. The van der Waals surface area contributed by atoms with Gasteiger partial charge in [0.1, 0.15) is 0 Å². The first-order chi connectivity index (χ1) is 7.27. The molecule has 0 aliphatic carbocycles. The summed E-state index contributed by atoms with van der Waals surface area (Å²) in [4.78, 5) is 13.5. The standard InChI is InChI=1S/C11H11NO2S/c13-11(14)7-15-6-8-5-12-10-4-2-1-3-9(8)10/h1-5,12H,6-7H2,(H,13,14). The van der Waals surface area contributed by atoms with Gasteiger partial charge in [0.25, 0.3) is 0 Å². The molecule has 2 N–H and O–H groups in total. The number of carboxylic acid groups (broad SMARTS) is 1. The summed E-state index contributed by atoms with van der Waals surface area (Å²) < 4.78 is 0. The van der Waals surface area contributed by atoms with Crippen LogP contribution in [-0.4, -0.2) is 21.8 Å². The molecule has 0 saturated carbocycles. The van der Waals surface area contributed by atoms with Gasteiger partial charge in [-0.2, -0.15) is 0 Å². The summed E-state index contributed by atoms with van der Waals surface area (Å²) in [7, 11) is 0. The molecule has 0 spiro atoms. The Bertz CT molecular complexity index is 478. The van der Waals surface area contributed by atoms with Crippen LogP contribution in [0.25, 0.3) is 10.9 Å². The van der Waals surface area contributed by atoms with E-state index in [9.17, 15) is 4.79 Å². The maximum Gasteiger partial charge on any atom is 0.313 e. The second-order valence-corrected chi connectivity index (χ2v) is 4.23. The molecule has 1 aromatic heterocycles. The SMILES string of the molecule is O=C(O)CSCc1c[nH]c2ccccc12. The number of hydrogen-bond donors (Lipinski definition) is 2. The number of carboxylic acids is 1. The smallest absolute Gasteiger partial charge is 0.313 e. The summed E-state index contributed by atoms with van der Waals surface area (Å²) in [5.74, 6) is 0.121.